The average Bonchev–Trinajstić information content (AvgIpc) is 2.83. The van der Waals surface area contributed by atoms with Crippen molar-refractivity contribution in [3.05, 3.63) is 24.5 Å². The molecule has 0 saturated carbocycles. The van der Waals surface area contributed by atoms with Crippen molar-refractivity contribution in [2.24, 2.45) is 0 Å². The number of hydrogen-bond acceptors (Lipinski definition) is 4. The fraction of sp³-hybridized carbons (Fsp3) is 0.643. The molecule has 0 spiro atoms. The normalized spacial score (nSPS) is 20.6. The highest BCUT2D eigenvalue weighted by molar-refractivity contribution is 5.87. The summed E-state index contributed by atoms with van der Waals surface area (Å²) in [6, 6.07) is 0.362. The number of likely N-dealkylation sites (N-methyl/N-ethyl adjacent to an activating group) is 1. The summed E-state index contributed by atoms with van der Waals surface area (Å²) < 4.78 is 1.91. The number of amides is 1. The lowest BCUT2D eigenvalue weighted by molar-refractivity contribution is -0.126. The van der Waals surface area contributed by atoms with E-state index >= 15 is 0 Å². The van der Waals surface area contributed by atoms with Gasteiger partial charge in [-0.15, -0.1) is 5.10 Å². The van der Waals surface area contributed by atoms with Gasteiger partial charge < -0.3 is 9.80 Å². The van der Waals surface area contributed by atoms with Gasteiger partial charge in [0.05, 0.1) is 12.2 Å². The van der Waals surface area contributed by atoms with E-state index in [9.17, 15) is 4.79 Å². The maximum Gasteiger partial charge on any atom is 0.246 e. The van der Waals surface area contributed by atoms with Crippen LogP contribution in [0, 0.1) is 0 Å². The van der Waals surface area contributed by atoms with Crippen LogP contribution in [0.2, 0.25) is 0 Å². The Labute approximate surface area is 120 Å². The monoisotopic (exact) mass is 277 g/mol. The highest BCUT2D eigenvalue weighted by atomic mass is 16.2. The van der Waals surface area contributed by atoms with E-state index in [1.807, 2.05) is 40.8 Å². The summed E-state index contributed by atoms with van der Waals surface area (Å²) in [6.45, 7) is 2.41. The first-order chi connectivity index (χ1) is 9.66. The van der Waals surface area contributed by atoms with Crippen molar-refractivity contribution in [1.29, 1.82) is 0 Å². The minimum absolute atomic E-state index is 0.117. The zero-order valence-electron chi connectivity index (χ0n) is 12.3. The van der Waals surface area contributed by atoms with Crippen molar-refractivity contribution in [3.8, 4) is 0 Å². The molecule has 2 rings (SSSR count). The standard InChI is InChI=1S/C14H23N5O/c1-17(2)9-4-6-14(20)18-10-3-5-13(7-11-18)19-12-8-15-16-19/h4,6,8,12-13H,3,5,7,9-11H2,1-2H3/b6-4+. The molecule has 1 atom stereocenters. The van der Waals surface area contributed by atoms with Gasteiger partial charge in [-0.2, -0.15) is 0 Å². The maximum atomic E-state index is 12.1. The molecule has 1 aromatic rings. The van der Waals surface area contributed by atoms with Gasteiger partial charge in [0.25, 0.3) is 0 Å². The van der Waals surface area contributed by atoms with Crippen LogP contribution < -0.4 is 0 Å². The van der Waals surface area contributed by atoms with Crippen LogP contribution in [-0.2, 0) is 4.79 Å². The lowest BCUT2D eigenvalue weighted by atomic mass is 10.1. The lowest BCUT2D eigenvalue weighted by Gasteiger charge is -2.19. The summed E-state index contributed by atoms with van der Waals surface area (Å²) in [7, 11) is 3.98. The van der Waals surface area contributed by atoms with Gasteiger partial charge in [0, 0.05) is 31.9 Å². The first kappa shape index (κ1) is 14.7. The van der Waals surface area contributed by atoms with E-state index in [4.69, 9.17) is 0 Å². The van der Waals surface area contributed by atoms with E-state index in [1.54, 1.807) is 12.3 Å². The topological polar surface area (TPSA) is 54.3 Å². The van der Waals surface area contributed by atoms with Crippen LogP contribution in [0.3, 0.4) is 0 Å². The third kappa shape index (κ3) is 4.16. The molecule has 0 aromatic carbocycles. The molecule has 20 heavy (non-hydrogen) atoms. The van der Waals surface area contributed by atoms with Crippen molar-refractivity contribution in [2.45, 2.75) is 25.3 Å². The van der Waals surface area contributed by atoms with E-state index in [1.165, 1.54) is 0 Å². The maximum absolute atomic E-state index is 12.1. The van der Waals surface area contributed by atoms with Crippen LogP contribution in [0.25, 0.3) is 0 Å². The molecule has 0 radical (unpaired) electrons. The fourth-order valence-electron chi connectivity index (χ4n) is 2.45. The average molecular weight is 277 g/mol. The van der Waals surface area contributed by atoms with Crippen LogP contribution in [0.15, 0.2) is 24.5 Å². The Morgan fingerprint density at radius 3 is 2.95 bits per heavy atom. The van der Waals surface area contributed by atoms with Gasteiger partial charge in [0.15, 0.2) is 0 Å². The number of carbonyl (C=O) groups is 1. The molecule has 1 saturated heterocycles. The molecule has 0 aliphatic carbocycles. The van der Waals surface area contributed by atoms with Gasteiger partial charge in [0.2, 0.25) is 5.91 Å². The molecule has 2 heterocycles. The highest BCUT2D eigenvalue weighted by Gasteiger charge is 2.20. The van der Waals surface area contributed by atoms with Crippen molar-refractivity contribution < 1.29 is 4.79 Å². The van der Waals surface area contributed by atoms with Gasteiger partial charge in [-0.05, 0) is 33.4 Å². The van der Waals surface area contributed by atoms with Gasteiger partial charge in [0.1, 0.15) is 0 Å². The first-order valence-corrected chi connectivity index (χ1v) is 7.13. The quantitative estimate of drug-likeness (QED) is 0.769. The number of nitrogens with zero attached hydrogens (tertiary/aromatic N) is 5. The second-order valence-corrected chi connectivity index (χ2v) is 5.46. The number of rotatable bonds is 4. The van der Waals surface area contributed by atoms with E-state index < -0.39 is 0 Å². The summed E-state index contributed by atoms with van der Waals surface area (Å²) in [6.07, 6.45) is 10.2. The Balaban J connectivity index is 1.86. The number of aromatic nitrogens is 3. The summed E-state index contributed by atoms with van der Waals surface area (Å²) in [4.78, 5) is 16.1. The smallest absolute Gasteiger partial charge is 0.246 e. The Bertz CT molecular complexity index is 440. The zero-order valence-corrected chi connectivity index (χ0v) is 12.3. The van der Waals surface area contributed by atoms with Gasteiger partial charge >= 0.3 is 0 Å². The summed E-state index contributed by atoms with van der Waals surface area (Å²) in [5.74, 6) is 0.117. The van der Waals surface area contributed by atoms with E-state index in [2.05, 4.69) is 10.3 Å². The molecule has 1 aliphatic rings. The third-order valence-corrected chi connectivity index (χ3v) is 3.56. The molecule has 1 aromatic heterocycles. The summed E-state index contributed by atoms with van der Waals surface area (Å²) in [5, 5.41) is 7.92. The van der Waals surface area contributed by atoms with Crippen LogP contribution in [-0.4, -0.2) is 64.4 Å². The number of likely N-dealkylation sites (tertiary alicyclic amines) is 1. The SMILES string of the molecule is CN(C)C/C=C/C(=O)N1CCCC(n2ccnn2)CC1. The third-order valence-electron chi connectivity index (χ3n) is 3.56. The molecule has 1 unspecified atom stereocenters. The van der Waals surface area contributed by atoms with Crippen molar-refractivity contribution >= 4 is 5.91 Å². The first-order valence-electron chi connectivity index (χ1n) is 7.13. The largest absolute Gasteiger partial charge is 0.339 e. The number of hydrogen-bond donors (Lipinski definition) is 0. The molecule has 1 fully saturated rings. The number of carbonyl (C=O) groups excluding carboxylic acids is 1. The van der Waals surface area contributed by atoms with Gasteiger partial charge in [-0.1, -0.05) is 11.3 Å². The van der Waals surface area contributed by atoms with Crippen LogP contribution in [0.1, 0.15) is 25.3 Å². The Hall–Kier alpha value is -1.69. The second kappa shape index (κ2) is 7.19. The van der Waals surface area contributed by atoms with E-state index in [-0.39, 0.29) is 5.91 Å². The van der Waals surface area contributed by atoms with Gasteiger partial charge in [-0.3, -0.25) is 4.79 Å². The molecule has 1 aliphatic heterocycles. The van der Waals surface area contributed by atoms with Crippen LogP contribution >= 0.6 is 0 Å². The fourth-order valence-corrected chi connectivity index (χ4v) is 2.45. The molecule has 6 heteroatoms. The van der Waals surface area contributed by atoms with Crippen LogP contribution in [0.5, 0.6) is 0 Å². The molecular formula is C14H23N5O. The van der Waals surface area contributed by atoms with Crippen molar-refractivity contribution in [2.75, 3.05) is 33.7 Å². The molecule has 0 bridgehead atoms. The minimum Gasteiger partial charge on any atom is -0.339 e. The van der Waals surface area contributed by atoms with Crippen molar-refractivity contribution in [3.63, 3.8) is 0 Å². The highest BCUT2D eigenvalue weighted by Crippen LogP contribution is 2.21. The molecule has 0 N–H and O–H groups in total. The Morgan fingerprint density at radius 1 is 1.40 bits per heavy atom. The van der Waals surface area contributed by atoms with E-state index in [0.717, 1.165) is 38.9 Å². The molecule has 1 amide bonds. The lowest BCUT2D eigenvalue weighted by Crippen LogP contribution is -2.30. The summed E-state index contributed by atoms with van der Waals surface area (Å²) >= 11 is 0. The Kier molecular flexibility index (Phi) is 5.29. The Morgan fingerprint density at radius 2 is 2.25 bits per heavy atom. The minimum atomic E-state index is 0.117. The van der Waals surface area contributed by atoms with Crippen LogP contribution in [0.4, 0.5) is 0 Å². The predicted molar refractivity (Wildman–Crippen MR) is 77.2 cm³/mol. The predicted octanol–water partition coefficient (Wildman–Crippen LogP) is 0.949. The van der Waals surface area contributed by atoms with Crippen molar-refractivity contribution in [1.82, 2.24) is 24.8 Å². The summed E-state index contributed by atoms with van der Waals surface area (Å²) in [5.41, 5.74) is 0. The second-order valence-electron chi connectivity index (χ2n) is 5.46. The van der Waals surface area contributed by atoms with E-state index in [0.29, 0.717) is 6.04 Å². The zero-order chi connectivity index (χ0) is 14.4. The molecule has 110 valence electrons. The molecular weight excluding hydrogens is 254 g/mol. The molecule has 6 nitrogen and oxygen atoms in total. The van der Waals surface area contributed by atoms with Gasteiger partial charge in [-0.25, -0.2) is 4.68 Å².